The van der Waals surface area contributed by atoms with Crippen LogP contribution in [-0.2, 0) is 27.0 Å². The summed E-state index contributed by atoms with van der Waals surface area (Å²) in [5.41, 5.74) is -7.33. The van der Waals surface area contributed by atoms with Crippen molar-refractivity contribution in [3.8, 4) is 22.5 Å². The van der Waals surface area contributed by atoms with Crippen molar-refractivity contribution in [2.75, 3.05) is 0 Å². The van der Waals surface area contributed by atoms with Crippen molar-refractivity contribution in [3.63, 3.8) is 0 Å². The second-order valence-electron chi connectivity index (χ2n) is 7.44. The predicted octanol–water partition coefficient (Wildman–Crippen LogP) is 6.85. The summed E-state index contributed by atoms with van der Waals surface area (Å²) in [4.78, 5) is 20.1. The molecule has 38 heavy (non-hydrogen) atoms. The molecule has 0 bridgehead atoms. The molecule has 2 aromatic heterocycles. The number of ketones is 1. The van der Waals surface area contributed by atoms with E-state index in [1.54, 1.807) is 0 Å². The maximum Gasteiger partial charge on any atom is 2.00 e. The van der Waals surface area contributed by atoms with Crippen molar-refractivity contribution >= 4 is 5.78 Å². The average molecular weight is 719 g/mol. The molecule has 0 radical (unpaired) electrons. The minimum atomic E-state index is -6.38. The number of hydrogen-bond acceptors (Lipinski definition) is 3. The van der Waals surface area contributed by atoms with Crippen LogP contribution in [-0.4, -0.2) is 21.9 Å². The van der Waals surface area contributed by atoms with Gasteiger partial charge in [-0.05, 0) is 12.1 Å². The van der Waals surface area contributed by atoms with Crippen molar-refractivity contribution < 1.29 is 65.4 Å². The van der Waals surface area contributed by atoms with E-state index in [4.69, 9.17) is 0 Å². The fourth-order valence-electron chi connectivity index (χ4n) is 3.31. The quantitative estimate of drug-likeness (QED) is 0.129. The molecule has 4 aromatic rings. The SMILES string of the molecule is O=C(c1cccc(-c2[c-]c(-c3ccccn3)c(F)c(C(F)(F)C(F)(F)F)c2F)n1)c1[c-]cc(F)cc1F.[Pt+2]. The number of carbonyl (C=O) groups excluding carboxylic acids is 1. The molecule has 0 N–H and O–H groups in total. The fourth-order valence-corrected chi connectivity index (χ4v) is 3.31. The first-order valence-corrected chi connectivity index (χ1v) is 10.0. The van der Waals surface area contributed by atoms with Crippen molar-refractivity contribution in [1.29, 1.82) is 0 Å². The van der Waals surface area contributed by atoms with Gasteiger partial charge in [0, 0.05) is 34.8 Å². The summed E-state index contributed by atoms with van der Waals surface area (Å²) < 4.78 is 125. The third kappa shape index (κ3) is 5.22. The van der Waals surface area contributed by atoms with Gasteiger partial charge in [-0.15, -0.1) is 18.2 Å². The third-order valence-corrected chi connectivity index (χ3v) is 5.04. The van der Waals surface area contributed by atoms with Gasteiger partial charge in [-0.25, -0.2) is 0 Å². The topological polar surface area (TPSA) is 42.9 Å². The van der Waals surface area contributed by atoms with Gasteiger partial charge in [0.05, 0.1) is 17.3 Å². The molecular formula is C25H9F9N2OPt. The first-order valence-electron chi connectivity index (χ1n) is 10.0. The molecule has 4 rings (SSSR count). The molecule has 0 spiro atoms. The zero-order valence-electron chi connectivity index (χ0n) is 18.2. The van der Waals surface area contributed by atoms with E-state index in [-0.39, 0.29) is 21.1 Å². The Bertz CT molecular complexity index is 1510. The fraction of sp³-hybridized carbons (Fsp3) is 0.0800. The Kier molecular flexibility index (Phi) is 8.16. The van der Waals surface area contributed by atoms with Gasteiger partial charge < -0.3 is 4.79 Å². The number of rotatable bonds is 5. The molecule has 0 atom stereocenters. The number of pyridine rings is 2. The molecule has 198 valence electrons. The van der Waals surface area contributed by atoms with Crippen molar-refractivity contribution in [2.24, 2.45) is 0 Å². The van der Waals surface area contributed by atoms with E-state index in [9.17, 15) is 35.5 Å². The summed E-state index contributed by atoms with van der Waals surface area (Å²) in [5, 5.41) is 0. The Morgan fingerprint density at radius 2 is 1.47 bits per heavy atom. The Balaban J connectivity index is 0.00000400. The van der Waals surface area contributed by atoms with Crippen molar-refractivity contribution in [1.82, 2.24) is 9.97 Å². The van der Waals surface area contributed by atoms with E-state index >= 15 is 8.78 Å². The third-order valence-electron chi connectivity index (χ3n) is 5.04. The molecule has 0 unspecified atom stereocenters. The van der Waals surface area contributed by atoms with E-state index < -0.39 is 80.5 Å². The summed E-state index contributed by atoms with van der Waals surface area (Å²) in [7, 11) is 0. The molecule has 0 saturated heterocycles. The molecule has 0 aliphatic heterocycles. The Hall–Kier alpha value is -3.53. The second kappa shape index (κ2) is 10.7. The van der Waals surface area contributed by atoms with Gasteiger partial charge in [0.1, 0.15) is 5.78 Å². The van der Waals surface area contributed by atoms with E-state index in [1.165, 1.54) is 12.1 Å². The van der Waals surface area contributed by atoms with E-state index in [1.807, 2.05) is 0 Å². The van der Waals surface area contributed by atoms with Crippen LogP contribution in [0.5, 0.6) is 0 Å². The standard InChI is InChI=1S/C25H9F9N2O.Pt/c26-12-7-8-13(16(27)10-12)23(37)19-6-3-5-18(36-19)15-11-14(17-4-1-2-9-35-17)21(28)20(22(15)29)24(30,31)25(32,33)34;/h1-7,9-10H;/q-2;+2. The monoisotopic (exact) mass is 719 g/mol. The van der Waals surface area contributed by atoms with E-state index in [0.29, 0.717) is 12.1 Å². The maximum absolute atomic E-state index is 15.2. The summed E-state index contributed by atoms with van der Waals surface area (Å²) in [6.45, 7) is 0. The molecule has 0 fully saturated rings. The normalized spacial score (nSPS) is 11.7. The first kappa shape index (κ1) is 29.0. The number of halogens is 9. The summed E-state index contributed by atoms with van der Waals surface area (Å²) >= 11 is 0. The average Bonchev–Trinajstić information content (AvgIpc) is 2.83. The zero-order chi connectivity index (χ0) is 27.1. The van der Waals surface area contributed by atoms with Gasteiger partial charge in [0.15, 0.2) is 0 Å². The van der Waals surface area contributed by atoms with Crippen molar-refractivity contribution in [2.45, 2.75) is 12.1 Å². The molecule has 2 aromatic carbocycles. The minimum absolute atomic E-state index is 0. The van der Waals surface area contributed by atoms with Gasteiger partial charge in [0.2, 0.25) is 0 Å². The van der Waals surface area contributed by atoms with Gasteiger partial charge in [-0.1, -0.05) is 47.0 Å². The zero-order valence-corrected chi connectivity index (χ0v) is 20.5. The molecular weight excluding hydrogens is 710 g/mol. The van der Waals surface area contributed by atoms with Crippen molar-refractivity contribution in [3.05, 3.63) is 107 Å². The number of hydrogen-bond donors (Lipinski definition) is 0. The van der Waals surface area contributed by atoms with E-state index in [0.717, 1.165) is 30.5 Å². The number of carbonyl (C=O) groups is 1. The number of aromatic nitrogens is 2. The van der Waals surface area contributed by atoms with Gasteiger partial charge in [0.25, 0.3) is 0 Å². The van der Waals surface area contributed by atoms with Crippen LogP contribution < -0.4 is 0 Å². The van der Waals surface area contributed by atoms with Crippen LogP contribution in [0.15, 0.2) is 54.7 Å². The predicted molar refractivity (Wildman–Crippen MR) is 110 cm³/mol. The molecule has 0 aliphatic carbocycles. The molecule has 0 saturated carbocycles. The smallest absolute Gasteiger partial charge is 0.345 e. The number of benzene rings is 2. The molecule has 13 heteroatoms. The van der Waals surface area contributed by atoms with Crippen LogP contribution in [0.4, 0.5) is 39.5 Å². The van der Waals surface area contributed by atoms with Crippen LogP contribution in [0.3, 0.4) is 0 Å². The summed E-state index contributed by atoms with van der Waals surface area (Å²) in [6, 6.07) is 11.8. The van der Waals surface area contributed by atoms with Crippen LogP contribution in [0.2, 0.25) is 0 Å². The molecule has 0 amide bonds. The van der Waals surface area contributed by atoms with E-state index in [2.05, 4.69) is 22.1 Å². The van der Waals surface area contributed by atoms with Crippen LogP contribution in [0, 0.1) is 35.4 Å². The minimum Gasteiger partial charge on any atom is -0.345 e. The Labute approximate surface area is 222 Å². The molecule has 0 aliphatic rings. The van der Waals surface area contributed by atoms with Gasteiger partial charge in [-0.2, -0.15) is 22.0 Å². The van der Waals surface area contributed by atoms with Gasteiger partial charge >= 0.3 is 33.2 Å². The second-order valence-corrected chi connectivity index (χ2v) is 7.44. The Morgan fingerprint density at radius 3 is 2.05 bits per heavy atom. The first-order chi connectivity index (χ1) is 17.3. The number of alkyl halides is 5. The largest absolute Gasteiger partial charge is 2.00 e. The van der Waals surface area contributed by atoms with Crippen LogP contribution >= 0.6 is 0 Å². The van der Waals surface area contributed by atoms with Crippen LogP contribution in [0.1, 0.15) is 21.6 Å². The molecule has 3 nitrogen and oxygen atoms in total. The van der Waals surface area contributed by atoms with Gasteiger partial charge in [-0.3, -0.25) is 27.5 Å². The number of nitrogens with zero attached hydrogens (tertiary/aromatic N) is 2. The van der Waals surface area contributed by atoms with Crippen LogP contribution in [0.25, 0.3) is 22.5 Å². The maximum atomic E-state index is 15.2. The summed E-state index contributed by atoms with van der Waals surface area (Å²) in [5.74, 6) is -14.1. The summed E-state index contributed by atoms with van der Waals surface area (Å²) in [6.07, 6.45) is -5.30. The molecule has 2 heterocycles. The Morgan fingerprint density at radius 1 is 0.842 bits per heavy atom.